The standard InChI is InChI=1S/C12H14BrN3O3S/c1-6-4-9(13)11(5-10(6)14)16-20(17,18)12-7(2)15-19-8(12)3/h4-5,16H,14H2,1-3H3. The number of nitrogens with zero attached hydrogens (tertiary/aromatic N) is 1. The predicted octanol–water partition coefficient (Wildman–Crippen LogP) is 2.75. The second-order valence-corrected chi connectivity index (χ2v) is 6.92. The van der Waals surface area contributed by atoms with Crippen LogP contribution in [0, 0.1) is 20.8 Å². The molecule has 0 fully saturated rings. The lowest BCUT2D eigenvalue weighted by Crippen LogP contribution is -2.15. The molecule has 0 bridgehead atoms. The number of benzene rings is 1. The normalized spacial score (nSPS) is 11.6. The number of nitrogens with one attached hydrogen (secondary N) is 1. The Labute approximate surface area is 125 Å². The van der Waals surface area contributed by atoms with Crippen LogP contribution in [-0.2, 0) is 10.0 Å². The summed E-state index contributed by atoms with van der Waals surface area (Å²) in [4.78, 5) is 0.0450. The monoisotopic (exact) mass is 359 g/mol. The molecule has 0 unspecified atom stereocenters. The number of aryl methyl sites for hydroxylation is 3. The molecule has 0 atom stereocenters. The molecule has 1 aromatic heterocycles. The molecule has 0 aliphatic heterocycles. The predicted molar refractivity (Wildman–Crippen MR) is 80.1 cm³/mol. The zero-order valence-electron chi connectivity index (χ0n) is 11.2. The summed E-state index contributed by atoms with van der Waals surface area (Å²) in [5.74, 6) is 0.242. The van der Waals surface area contributed by atoms with Gasteiger partial charge in [0.1, 0.15) is 5.69 Å². The van der Waals surface area contributed by atoms with Crippen molar-refractivity contribution in [1.82, 2.24) is 5.16 Å². The van der Waals surface area contributed by atoms with Crippen LogP contribution in [0.25, 0.3) is 0 Å². The van der Waals surface area contributed by atoms with Crippen LogP contribution >= 0.6 is 15.9 Å². The van der Waals surface area contributed by atoms with Crippen molar-refractivity contribution >= 4 is 37.3 Å². The van der Waals surface area contributed by atoms with Crippen molar-refractivity contribution < 1.29 is 12.9 Å². The van der Waals surface area contributed by atoms with Gasteiger partial charge >= 0.3 is 0 Å². The summed E-state index contributed by atoms with van der Waals surface area (Å²) < 4.78 is 32.7. The highest BCUT2D eigenvalue weighted by molar-refractivity contribution is 9.10. The molecule has 0 amide bonds. The average molecular weight is 360 g/mol. The van der Waals surface area contributed by atoms with Crippen LogP contribution in [0.4, 0.5) is 11.4 Å². The van der Waals surface area contributed by atoms with Crippen LogP contribution in [-0.4, -0.2) is 13.6 Å². The number of hydrogen-bond acceptors (Lipinski definition) is 5. The van der Waals surface area contributed by atoms with E-state index in [1.807, 2.05) is 6.92 Å². The van der Waals surface area contributed by atoms with E-state index in [9.17, 15) is 8.42 Å². The van der Waals surface area contributed by atoms with Crippen molar-refractivity contribution in [2.75, 3.05) is 10.5 Å². The highest BCUT2D eigenvalue weighted by Crippen LogP contribution is 2.30. The minimum Gasteiger partial charge on any atom is -0.398 e. The second kappa shape index (κ2) is 5.10. The molecule has 3 N–H and O–H groups in total. The van der Waals surface area contributed by atoms with Gasteiger partial charge in [0, 0.05) is 10.2 Å². The van der Waals surface area contributed by atoms with Gasteiger partial charge in [-0.25, -0.2) is 8.42 Å². The number of hydrogen-bond donors (Lipinski definition) is 2. The summed E-state index contributed by atoms with van der Waals surface area (Å²) in [5.41, 5.74) is 7.84. The van der Waals surface area contributed by atoms with E-state index in [-0.39, 0.29) is 10.7 Å². The Morgan fingerprint density at radius 3 is 2.50 bits per heavy atom. The van der Waals surface area contributed by atoms with Gasteiger partial charge in [-0.1, -0.05) is 5.16 Å². The summed E-state index contributed by atoms with van der Waals surface area (Å²) in [6.07, 6.45) is 0. The summed E-state index contributed by atoms with van der Waals surface area (Å²) in [5, 5.41) is 3.65. The molecule has 0 radical (unpaired) electrons. The lowest BCUT2D eigenvalue weighted by Gasteiger charge is -2.11. The molecule has 0 spiro atoms. The Morgan fingerprint density at radius 1 is 1.30 bits per heavy atom. The van der Waals surface area contributed by atoms with E-state index in [4.69, 9.17) is 10.3 Å². The van der Waals surface area contributed by atoms with Crippen molar-refractivity contribution in [3.05, 3.63) is 33.6 Å². The topological polar surface area (TPSA) is 98.2 Å². The molecule has 1 aromatic carbocycles. The van der Waals surface area contributed by atoms with E-state index in [0.29, 0.717) is 21.5 Å². The number of halogens is 1. The van der Waals surface area contributed by atoms with Crippen molar-refractivity contribution in [1.29, 1.82) is 0 Å². The third-order valence-corrected chi connectivity index (χ3v) is 5.10. The Balaban J connectivity index is 2.47. The van der Waals surface area contributed by atoms with Crippen molar-refractivity contribution in [3.8, 4) is 0 Å². The van der Waals surface area contributed by atoms with Crippen LogP contribution in [0.2, 0.25) is 0 Å². The molecule has 1 heterocycles. The maximum absolute atomic E-state index is 12.4. The van der Waals surface area contributed by atoms with Crippen LogP contribution < -0.4 is 10.5 Å². The van der Waals surface area contributed by atoms with E-state index in [1.54, 1.807) is 26.0 Å². The van der Waals surface area contributed by atoms with E-state index < -0.39 is 10.0 Å². The second-order valence-electron chi connectivity index (χ2n) is 4.45. The van der Waals surface area contributed by atoms with Crippen molar-refractivity contribution in [2.24, 2.45) is 0 Å². The van der Waals surface area contributed by atoms with Gasteiger partial charge in [0.25, 0.3) is 10.0 Å². The summed E-state index contributed by atoms with van der Waals surface area (Å²) in [6, 6.07) is 3.32. The van der Waals surface area contributed by atoms with E-state index >= 15 is 0 Å². The Bertz CT molecular complexity index is 749. The molecule has 8 heteroatoms. The smallest absolute Gasteiger partial charge is 0.267 e. The first-order valence-corrected chi connectivity index (χ1v) is 8.01. The van der Waals surface area contributed by atoms with Gasteiger partial charge in [0.2, 0.25) is 0 Å². The number of rotatable bonds is 3. The zero-order chi connectivity index (χ0) is 15.1. The summed E-state index contributed by atoms with van der Waals surface area (Å²) in [7, 11) is -3.78. The fourth-order valence-electron chi connectivity index (χ4n) is 1.82. The lowest BCUT2D eigenvalue weighted by atomic mass is 10.2. The fraction of sp³-hybridized carbons (Fsp3) is 0.250. The number of aromatic nitrogens is 1. The molecule has 0 aliphatic carbocycles. The molecular formula is C12H14BrN3O3S. The first-order valence-electron chi connectivity index (χ1n) is 5.73. The largest absolute Gasteiger partial charge is 0.398 e. The number of anilines is 2. The fourth-order valence-corrected chi connectivity index (χ4v) is 3.91. The van der Waals surface area contributed by atoms with Crippen molar-refractivity contribution in [2.45, 2.75) is 25.7 Å². The maximum atomic E-state index is 12.4. The van der Waals surface area contributed by atoms with Gasteiger partial charge in [-0.15, -0.1) is 0 Å². The molecule has 2 aromatic rings. The van der Waals surface area contributed by atoms with Gasteiger partial charge in [0.05, 0.1) is 5.69 Å². The Kier molecular flexibility index (Phi) is 3.79. The number of sulfonamides is 1. The maximum Gasteiger partial charge on any atom is 0.267 e. The molecule has 20 heavy (non-hydrogen) atoms. The Morgan fingerprint density at radius 2 is 1.95 bits per heavy atom. The third kappa shape index (κ3) is 2.66. The van der Waals surface area contributed by atoms with Crippen LogP contribution in [0.1, 0.15) is 17.0 Å². The first-order chi connectivity index (χ1) is 9.22. The van der Waals surface area contributed by atoms with Gasteiger partial charge in [0.15, 0.2) is 10.7 Å². The molecule has 0 saturated carbocycles. The Hall–Kier alpha value is -1.54. The molecule has 108 valence electrons. The SMILES string of the molecule is Cc1cc(Br)c(NS(=O)(=O)c2c(C)noc2C)cc1N. The van der Waals surface area contributed by atoms with Crippen LogP contribution in [0.3, 0.4) is 0 Å². The number of nitrogen functional groups attached to an aromatic ring is 1. The van der Waals surface area contributed by atoms with E-state index in [1.165, 1.54) is 0 Å². The third-order valence-electron chi connectivity index (χ3n) is 2.84. The molecule has 6 nitrogen and oxygen atoms in total. The van der Waals surface area contributed by atoms with Gasteiger partial charge in [-0.05, 0) is 54.4 Å². The average Bonchev–Trinajstić information content (AvgIpc) is 2.66. The number of nitrogens with two attached hydrogens (primary N) is 1. The molecule has 2 rings (SSSR count). The van der Waals surface area contributed by atoms with Crippen LogP contribution in [0.15, 0.2) is 26.0 Å². The van der Waals surface area contributed by atoms with Crippen molar-refractivity contribution in [3.63, 3.8) is 0 Å². The summed E-state index contributed by atoms with van der Waals surface area (Å²) in [6.45, 7) is 4.96. The highest BCUT2D eigenvalue weighted by Gasteiger charge is 2.25. The zero-order valence-corrected chi connectivity index (χ0v) is 13.6. The molecular weight excluding hydrogens is 346 g/mol. The van der Waals surface area contributed by atoms with E-state index in [2.05, 4.69) is 25.8 Å². The first kappa shape index (κ1) is 14.9. The minimum atomic E-state index is -3.78. The lowest BCUT2D eigenvalue weighted by molar-refractivity contribution is 0.390. The summed E-state index contributed by atoms with van der Waals surface area (Å²) >= 11 is 3.31. The quantitative estimate of drug-likeness (QED) is 0.820. The minimum absolute atomic E-state index is 0.0450. The van der Waals surface area contributed by atoms with E-state index in [0.717, 1.165) is 5.56 Å². The van der Waals surface area contributed by atoms with Gasteiger partial charge < -0.3 is 10.3 Å². The van der Waals surface area contributed by atoms with Gasteiger partial charge in [-0.2, -0.15) is 0 Å². The van der Waals surface area contributed by atoms with Gasteiger partial charge in [-0.3, -0.25) is 4.72 Å². The molecule has 0 aliphatic rings. The molecule has 0 saturated heterocycles. The van der Waals surface area contributed by atoms with Crippen LogP contribution in [0.5, 0.6) is 0 Å². The highest BCUT2D eigenvalue weighted by atomic mass is 79.9.